The number of aryl methyl sites for hydroxylation is 1. The number of hydrogen-bond donors (Lipinski definition) is 1. The van der Waals surface area contributed by atoms with Crippen molar-refractivity contribution >= 4 is 33.8 Å². The first kappa shape index (κ1) is 19.2. The van der Waals surface area contributed by atoms with E-state index in [1.807, 2.05) is 35.8 Å². The molecule has 6 rings (SSSR count). The van der Waals surface area contributed by atoms with Gasteiger partial charge in [-0.15, -0.1) is 0 Å². The summed E-state index contributed by atoms with van der Waals surface area (Å²) in [4.78, 5) is 34.5. The first-order valence-electron chi connectivity index (χ1n) is 10.5. The summed E-state index contributed by atoms with van der Waals surface area (Å²) in [5.41, 5.74) is 4.45. The van der Waals surface area contributed by atoms with Crippen molar-refractivity contribution in [3.8, 4) is 0 Å². The molecule has 0 aliphatic heterocycles. The summed E-state index contributed by atoms with van der Waals surface area (Å²) in [6.07, 6.45) is 4.08. The normalized spacial score (nSPS) is 17.8. The Balaban J connectivity index is 1.43. The molecule has 0 spiro atoms. The molecule has 2 atom stereocenters. The summed E-state index contributed by atoms with van der Waals surface area (Å²) in [6, 6.07) is 16.4. The minimum atomic E-state index is 0.0431. The van der Waals surface area contributed by atoms with Crippen LogP contribution in [0.5, 0.6) is 0 Å². The number of H-pyrrole nitrogens is 1. The summed E-state index contributed by atoms with van der Waals surface area (Å²) in [7, 11) is 0. The van der Waals surface area contributed by atoms with Gasteiger partial charge < -0.3 is 4.98 Å². The molecule has 2 aromatic carbocycles. The third kappa shape index (κ3) is 3.18. The van der Waals surface area contributed by atoms with E-state index >= 15 is 0 Å². The van der Waals surface area contributed by atoms with Crippen LogP contribution in [-0.4, -0.2) is 29.5 Å². The lowest BCUT2D eigenvalue weighted by Gasteiger charge is -2.14. The van der Waals surface area contributed by atoms with E-state index in [2.05, 4.69) is 44.2 Å². The van der Waals surface area contributed by atoms with Crippen molar-refractivity contribution in [1.82, 2.24) is 29.5 Å². The van der Waals surface area contributed by atoms with Gasteiger partial charge in [0, 0.05) is 12.0 Å². The molecule has 0 bridgehead atoms. The molecular weight excluding hydrogens is 420 g/mol. The van der Waals surface area contributed by atoms with E-state index < -0.39 is 0 Å². The number of nitrogens with zero attached hydrogens (tertiary/aromatic N) is 5. The number of benzene rings is 2. The number of nitrogens with one attached hydrogen (secondary N) is 1. The van der Waals surface area contributed by atoms with Gasteiger partial charge in [0.2, 0.25) is 0 Å². The topological polar surface area (TPSA) is 89.3 Å². The lowest BCUT2D eigenvalue weighted by Crippen LogP contribution is -2.25. The largest absolute Gasteiger partial charge is 0.341 e. The van der Waals surface area contributed by atoms with Gasteiger partial charge in [-0.05, 0) is 30.5 Å². The van der Waals surface area contributed by atoms with Gasteiger partial charge in [-0.2, -0.15) is 0 Å². The molecule has 0 amide bonds. The maximum absolute atomic E-state index is 13.7. The zero-order chi connectivity index (χ0) is 21.7. The van der Waals surface area contributed by atoms with Crippen LogP contribution in [0.1, 0.15) is 35.3 Å². The molecule has 5 aromatic rings. The van der Waals surface area contributed by atoms with E-state index in [1.54, 1.807) is 18.1 Å². The Morgan fingerprint density at radius 1 is 1.09 bits per heavy atom. The highest BCUT2D eigenvalue weighted by Crippen LogP contribution is 2.51. The van der Waals surface area contributed by atoms with Gasteiger partial charge in [0.25, 0.3) is 5.56 Å². The van der Waals surface area contributed by atoms with E-state index in [9.17, 15) is 4.79 Å². The third-order valence-corrected chi connectivity index (χ3v) is 7.04. The predicted octanol–water partition coefficient (Wildman–Crippen LogP) is 4.39. The fourth-order valence-corrected chi connectivity index (χ4v) is 5.29. The second-order valence-electron chi connectivity index (χ2n) is 8.06. The van der Waals surface area contributed by atoms with E-state index in [-0.39, 0.29) is 11.6 Å². The second kappa shape index (κ2) is 7.56. The van der Waals surface area contributed by atoms with E-state index in [4.69, 9.17) is 4.98 Å². The molecule has 0 radical (unpaired) electrons. The highest BCUT2D eigenvalue weighted by atomic mass is 32.2. The molecule has 1 aliphatic rings. The van der Waals surface area contributed by atoms with Crippen molar-refractivity contribution < 1.29 is 0 Å². The lowest BCUT2D eigenvalue weighted by molar-refractivity contribution is 0.646. The van der Waals surface area contributed by atoms with Crippen molar-refractivity contribution in [3.05, 3.63) is 88.5 Å². The Morgan fingerprint density at radius 3 is 2.84 bits per heavy atom. The van der Waals surface area contributed by atoms with Gasteiger partial charge in [0.15, 0.2) is 5.65 Å². The van der Waals surface area contributed by atoms with E-state index in [0.29, 0.717) is 22.7 Å². The Bertz CT molecular complexity index is 1510. The van der Waals surface area contributed by atoms with Gasteiger partial charge in [0.1, 0.15) is 22.7 Å². The minimum absolute atomic E-state index is 0.0431. The molecule has 158 valence electrons. The Labute approximate surface area is 188 Å². The third-order valence-electron chi connectivity index (χ3n) is 6.05. The van der Waals surface area contributed by atoms with Crippen LogP contribution in [0.25, 0.3) is 22.1 Å². The van der Waals surface area contributed by atoms with Gasteiger partial charge in [0.05, 0.1) is 23.0 Å². The SMILES string of the molecule is Cc1cccc2nc(CSc3ncnc4nc[nH]c34)n(C3CC3c3ccccc3)c(=O)c12. The van der Waals surface area contributed by atoms with Crippen molar-refractivity contribution in [2.24, 2.45) is 0 Å². The van der Waals surface area contributed by atoms with Crippen LogP contribution in [0.3, 0.4) is 0 Å². The standard InChI is InChI=1S/C24H20N6OS/c1-14-6-5-9-17-20(14)24(31)30(18-10-16(18)15-7-3-2-4-8-15)19(29-17)11-32-23-21-22(26-12-25-21)27-13-28-23/h2-9,12-13,16,18H,10-11H2,1H3,(H,25,26,27,28). The number of fused-ring (bicyclic) bond motifs is 2. The van der Waals surface area contributed by atoms with Crippen LogP contribution in [0.2, 0.25) is 0 Å². The highest BCUT2D eigenvalue weighted by Gasteiger charge is 2.42. The van der Waals surface area contributed by atoms with Crippen LogP contribution < -0.4 is 5.56 Å². The summed E-state index contributed by atoms with van der Waals surface area (Å²) in [5, 5.41) is 1.51. The average molecular weight is 441 g/mol. The first-order chi connectivity index (χ1) is 15.7. The molecule has 1 N–H and O–H groups in total. The fraction of sp³-hybridized carbons (Fsp3) is 0.208. The Kier molecular flexibility index (Phi) is 4.53. The molecule has 1 saturated carbocycles. The van der Waals surface area contributed by atoms with Gasteiger partial charge in [-0.1, -0.05) is 54.2 Å². The fourth-order valence-electron chi connectivity index (χ4n) is 4.41. The second-order valence-corrected chi connectivity index (χ2v) is 9.03. The highest BCUT2D eigenvalue weighted by molar-refractivity contribution is 7.98. The molecule has 1 aliphatic carbocycles. The molecular formula is C24H20N6OS. The van der Waals surface area contributed by atoms with Crippen LogP contribution in [0, 0.1) is 6.92 Å². The monoisotopic (exact) mass is 440 g/mol. The maximum atomic E-state index is 13.7. The molecule has 0 saturated heterocycles. The maximum Gasteiger partial charge on any atom is 0.261 e. The van der Waals surface area contributed by atoms with Crippen LogP contribution in [0.4, 0.5) is 0 Å². The molecule has 3 aromatic heterocycles. The number of hydrogen-bond acceptors (Lipinski definition) is 6. The quantitative estimate of drug-likeness (QED) is 0.322. The Hall–Kier alpha value is -3.52. The number of aromatic amines is 1. The van der Waals surface area contributed by atoms with Crippen LogP contribution in [-0.2, 0) is 5.75 Å². The van der Waals surface area contributed by atoms with Crippen molar-refractivity contribution in [3.63, 3.8) is 0 Å². The van der Waals surface area contributed by atoms with Crippen LogP contribution in [0.15, 0.2) is 71.0 Å². The number of thioether (sulfide) groups is 1. The molecule has 1 fully saturated rings. The molecule has 32 heavy (non-hydrogen) atoms. The van der Waals surface area contributed by atoms with Gasteiger partial charge >= 0.3 is 0 Å². The lowest BCUT2D eigenvalue weighted by atomic mass is 10.1. The number of aromatic nitrogens is 6. The average Bonchev–Trinajstić information content (AvgIpc) is 3.44. The summed E-state index contributed by atoms with van der Waals surface area (Å²) >= 11 is 1.54. The van der Waals surface area contributed by atoms with Crippen LogP contribution >= 0.6 is 11.8 Å². The van der Waals surface area contributed by atoms with Gasteiger partial charge in [-0.3, -0.25) is 9.36 Å². The van der Waals surface area contributed by atoms with E-state index in [1.165, 1.54) is 11.9 Å². The van der Waals surface area contributed by atoms with Gasteiger partial charge in [-0.25, -0.2) is 19.9 Å². The smallest absolute Gasteiger partial charge is 0.261 e. The van der Waals surface area contributed by atoms with E-state index in [0.717, 1.165) is 33.9 Å². The molecule has 3 heterocycles. The number of rotatable bonds is 5. The first-order valence-corrected chi connectivity index (χ1v) is 11.5. The predicted molar refractivity (Wildman–Crippen MR) is 125 cm³/mol. The molecule has 2 unspecified atom stereocenters. The van der Waals surface area contributed by atoms with Crippen molar-refractivity contribution in [2.75, 3.05) is 0 Å². The Morgan fingerprint density at radius 2 is 1.97 bits per heavy atom. The molecule has 8 heteroatoms. The molecule has 7 nitrogen and oxygen atoms in total. The number of imidazole rings is 1. The zero-order valence-corrected chi connectivity index (χ0v) is 18.2. The summed E-state index contributed by atoms with van der Waals surface area (Å²) in [5.74, 6) is 1.63. The summed E-state index contributed by atoms with van der Waals surface area (Å²) in [6.45, 7) is 1.97. The summed E-state index contributed by atoms with van der Waals surface area (Å²) < 4.78 is 1.92. The van der Waals surface area contributed by atoms with Crippen molar-refractivity contribution in [1.29, 1.82) is 0 Å². The van der Waals surface area contributed by atoms with Crippen molar-refractivity contribution in [2.45, 2.75) is 36.1 Å². The minimum Gasteiger partial charge on any atom is -0.341 e. The zero-order valence-electron chi connectivity index (χ0n) is 17.4.